The molecule has 8 amide bonds. The first-order chi connectivity index (χ1) is 29.8. The third-order valence-corrected chi connectivity index (χ3v) is 10.2. The molecule has 0 spiro atoms. The molecule has 2 aliphatic heterocycles. The Kier molecular flexibility index (Phi) is 23.0. The van der Waals surface area contributed by atoms with E-state index in [4.69, 9.17) is 28.0 Å². The van der Waals surface area contributed by atoms with E-state index in [2.05, 4.69) is 42.2 Å². The van der Waals surface area contributed by atoms with Gasteiger partial charge in [-0.3, -0.25) is 48.1 Å². The normalized spacial score (nSPS) is 24.0. The monoisotopic (exact) mass is 894 g/mol. The van der Waals surface area contributed by atoms with Gasteiger partial charge < -0.3 is 75.3 Å². The lowest BCUT2D eigenvalue weighted by atomic mass is 10.0. The van der Waals surface area contributed by atoms with E-state index in [9.17, 15) is 48.3 Å². The summed E-state index contributed by atoms with van der Waals surface area (Å²) in [6, 6.07) is -9.93. The number of nitrogens with zero attached hydrogens (tertiary/aromatic N) is 2. The van der Waals surface area contributed by atoms with Gasteiger partial charge in [-0.05, 0) is 83.6 Å². The number of likely N-dealkylation sites (tertiary alicyclic amines) is 1. The van der Waals surface area contributed by atoms with Crippen molar-refractivity contribution >= 4 is 59.2 Å². The number of carboxylic acid groups (broad SMARTS) is 1. The van der Waals surface area contributed by atoms with Gasteiger partial charge in [-0.25, -0.2) is 0 Å². The highest BCUT2D eigenvalue weighted by Crippen LogP contribution is 2.18. The van der Waals surface area contributed by atoms with Crippen molar-refractivity contribution in [2.45, 2.75) is 133 Å². The van der Waals surface area contributed by atoms with Crippen LogP contribution in [0.1, 0.15) is 85.0 Å². The van der Waals surface area contributed by atoms with Crippen LogP contribution in [-0.2, 0) is 43.2 Å². The van der Waals surface area contributed by atoms with E-state index < -0.39 is 115 Å². The molecule has 8 atom stereocenters. The minimum atomic E-state index is -1.60. The smallest absolute Gasteiger partial charge is 0.325 e. The molecule has 0 bridgehead atoms. The molecule has 0 aromatic carbocycles. The zero-order chi connectivity index (χ0) is 47.2. The predicted molar refractivity (Wildman–Crippen MR) is 228 cm³/mol. The number of carboxylic acids is 1. The Balaban J connectivity index is 2.35. The number of aliphatic carboxylic acids is 1. The maximum Gasteiger partial charge on any atom is 0.325 e. The molecule has 17 N–H and O–H groups in total. The number of unbranched alkanes of at least 4 members (excludes halogenated alkanes) is 1. The van der Waals surface area contributed by atoms with Crippen LogP contribution in [0.2, 0.25) is 0 Å². The molecule has 63 heavy (non-hydrogen) atoms. The van der Waals surface area contributed by atoms with Gasteiger partial charge in [0, 0.05) is 13.1 Å². The largest absolute Gasteiger partial charge is 0.480 e. The lowest BCUT2D eigenvalue weighted by Gasteiger charge is -2.27. The summed E-state index contributed by atoms with van der Waals surface area (Å²) in [5.74, 6) is -7.64. The van der Waals surface area contributed by atoms with Gasteiger partial charge in [-0.15, -0.1) is 0 Å². The first-order valence-corrected chi connectivity index (χ1v) is 21.2. The second-order valence-electron chi connectivity index (χ2n) is 15.9. The van der Waals surface area contributed by atoms with Crippen molar-refractivity contribution in [2.24, 2.45) is 33.8 Å². The SMILES string of the molecule is CC(C)C[C@@H]1NC(=O)[C@H](CCCN=C(N)N)NC(=O)[C@@H](N)C/C=C\C[C@@H](C(=O)N[C@@H](CCCCN)C(=O)NCC(=O)N2CCC[C@H]2C(=O)N[C@@H](C)C(=O)O)NC(=O)[C@H](CO)NC1=O. The van der Waals surface area contributed by atoms with Gasteiger partial charge in [0.1, 0.15) is 42.3 Å². The van der Waals surface area contributed by atoms with E-state index in [1.54, 1.807) is 13.8 Å². The molecule has 0 aliphatic carbocycles. The van der Waals surface area contributed by atoms with Crippen LogP contribution in [0, 0.1) is 5.92 Å². The quantitative estimate of drug-likeness (QED) is 0.0250. The summed E-state index contributed by atoms with van der Waals surface area (Å²) in [4.78, 5) is 124. The summed E-state index contributed by atoms with van der Waals surface area (Å²) >= 11 is 0. The number of carbonyl (C=O) groups excluding carboxylic acids is 8. The number of rotatable bonds is 19. The van der Waals surface area contributed by atoms with E-state index in [0.717, 1.165) is 0 Å². The molecular formula is C39H67N13O11. The number of guanidine groups is 1. The summed E-state index contributed by atoms with van der Waals surface area (Å²) in [5.41, 5.74) is 22.6. The van der Waals surface area contributed by atoms with Crippen molar-refractivity contribution in [3.63, 3.8) is 0 Å². The average molecular weight is 894 g/mol. The van der Waals surface area contributed by atoms with Crippen LogP contribution in [0.3, 0.4) is 0 Å². The third-order valence-electron chi connectivity index (χ3n) is 10.2. The zero-order valence-electron chi connectivity index (χ0n) is 36.2. The highest BCUT2D eigenvalue weighted by molar-refractivity contribution is 5.97. The predicted octanol–water partition coefficient (Wildman–Crippen LogP) is -4.99. The highest BCUT2D eigenvalue weighted by Gasteiger charge is 2.36. The number of aliphatic hydroxyl groups is 1. The van der Waals surface area contributed by atoms with Crippen molar-refractivity contribution in [1.29, 1.82) is 0 Å². The van der Waals surface area contributed by atoms with E-state index in [1.165, 1.54) is 24.0 Å². The molecule has 2 aliphatic rings. The van der Waals surface area contributed by atoms with Crippen molar-refractivity contribution in [3.8, 4) is 0 Å². The Hall–Kier alpha value is -5.88. The van der Waals surface area contributed by atoms with Crippen LogP contribution in [0.15, 0.2) is 17.1 Å². The topological polar surface area (TPSA) is 398 Å². The van der Waals surface area contributed by atoms with Crippen LogP contribution in [0.25, 0.3) is 0 Å². The molecule has 0 radical (unpaired) electrons. The Morgan fingerprint density at radius 3 is 2.13 bits per heavy atom. The molecule has 1 saturated heterocycles. The van der Waals surface area contributed by atoms with E-state index in [-0.39, 0.29) is 76.5 Å². The van der Waals surface area contributed by atoms with Crippen LogP contribution in [-0.4, -0.2) is 155 Å². The maximum absolute atomic E-state index is 13.9. The number of amides is 8. The minimum Gasteiger partial charge on any atom is -0.480 e. The Labute approximate surface area is 366 Å². The number of nitrogens with one attached hydrogen (secondary N) is 7. The molecule has 0 aromatic rings. The van der Waals surface area contributed by atoms with Gasteiger partial charge in [-0.2, -0.15) is 0 Å². The third kappa shape index (κ3) is 18.6. The molecular weight excluding hydrogens is 827 g/mol. The molecule has 2 rings (SSSR count). The van der Waals surface area contributed by atoms with Gasteiger partial charge in [0.05, 0.1) is 19.2 Å². The van der Waals surface area contributed by atoms with Crippen molar-refractivity contribution in [2.75, 3.05) is 32.8 Å². The van der Waals surface area contributed by atoms with Gasteiger partial charge in [0.25, 0.3) is 0 Å². The van der Waals surface area contributed by atoms with Crippen LogP contribution < -0.4 is 60.2 Å². The highest BCUT2D eigenvalue weighted by atomic mass is 16.4. The van der Waals surface area contributed by atoms with E-state index in [1.807, 2.05) is 0 Å². The number of hydrogen-bond acceptors (Lipinski definition) is 13. The fourth-order valence-electron chi connectivity index (χ4n) is 6.71. The maximum atomic E-state index is 13.9. The number of aliphatic hydroxyl groups excluding tert-OH is 1. The molecule has 1 fully saturated rings. The van der Waals surface area contributed by atoms with E-state index >= 15 is 0 Å². The van der Waals surface area contributed by atoms with Gasteiger partial charge >= 0.3 is 5.97 Å². The van der Waals surface area contributed by atoms with Gasteiger partial charge in [-0.1, -0.05) is 26.0 Å². The van der Waals surface area contributed by atoms with Gasteiger partial charge in [0.15, 0.2) is 5.96 Å². The summed E-state index contributed by atoms with van der Waals surface area (Å²) in [6.07, 6.45) is 4.78. The Bertz CT molecular complexity index is 1670. The summed E-state index contributed by atoms with van der Waals surface area (Å²) in [5, 5.41) is 37.0. The fourth-order valence-corrected chi connectivity index (χ4v) is 6.71. The lowest BCUT2D eigenvalue weighted by molar-refractivity contribution is -0.143. The Morgan fingerprint density at radius 2 is 1.49 bits per heavy atom. The standard InChI is InChI=1S/C39H67N13O11/c1-21(2)18-27-35(59)51-28(20-53)36(60)49-25(11-5-4-10-23(41)31(55)47-26(34(58)50-27)13-8-16-44-39(42)43)33(57)48-24(12-6-7-15-40)32(56)45-19-30(54)52-17-9-14-29(52)37(61)46-22(3)38(62)63/h4-5,21-29,53H,6-20,40-41H2,1-3H3,(H,45,56)(H,46,61)(H,47,55)(H,48,57)(H,49,60)(H,50,58)(H,51,59)(H,62,63)(H4,42,43,44)/b5-4-/t22-,23-,24-,25-,26-,27-,28-,29-/m0/s1. The van der Waals surface area contributed by atoms with Crippen LogP contribution in [0.4, 0.5) is 0 Å². The average Bonchev–Trinajstić information content (AvgIpc) is 3.73. The Morgan fingerprint density at radius 1 is 0.857 bits per heavy atom. The number of carbonyl (C=O) groups is 9. The van der Waals surface area contributed by atoms with Gasteiger partial charge in [0.2, 0.25) is 47.3 Å². The van der Waals surface area contributed by atoms with Crippen molar-refractivity contribution in [1.82, 2.24) is 42.1 Å². The summed E-state index contributed by atoms with van der Waals surface area (Å²) < 4.78 is 0. The summed E-state index contributed by atoms with van der Waals surface area (Å²) in [6.45, 7) is 4.03. The first-order valence-electron chi connectivity index (χ1n) is 21.2. The molecule has 0 saturated carbocycles. The first kappa shape index (κ1) is 53.3. The molecule has 24 heteroatoms. The zero-order valence-corrected chi connectivity index (χ0v) is 36.2. The van der Waals surface area contributed by atoms with Crippen LogP contribution >= 0.6 is 0 Å². The second-order valence-corrected chi connectivity index (χ2v) is 15.9. The lowest BCUT2D eigenvalue weighted by Crippen LogP contribution is -2.60. The number of aliphatic imine (C=N–C) groups is 1. The number of nitrogens with two attached hydrogens (primary N) is 4. The molecule has 0 aromatic heterocycles. The van der Waals surface area contributed by atoms with Crippen molar-refractivity contribution < 1.29 is 53.4 Å². The molecule has 2 heterocycles. The van der Waals surface area contributed by atoms with E-state index in [0.29, 0.717) is 19.3 Å². The molecule has 354 valence electrons. The summed E-state index contributed by atoms with van der Waals surface area (Å²) in [7, 11) is 0. The fraction of sp³-hybridized carbons (Fsp3) is 0.692. The number of hydrogen-bond donors (Lipinski definition) is 13. The van der Waals surface area contributed by atoms with Crippen LogP contribution in [0.5, 0.6) is 0 Å². The molecule has 24 nitrogen and oxygen atoms in total. The second kappa shape index (κ2) is 27.2. The van der Waals surface area contributed by atoms with Crippen molar-refractivity contribution in [3.05, 3.63) is 12.2 Å². The molecule has 0 unspecified atom stereocenters. The minimum absolute atomic E-state index is 0.0675.